The Hall–Kier alpha value is -1.51. The summed E-state index contributed by atoms with van der Waals surface area (Å²) in [5.74, 6) is -0.407. The van der Waals surface area contributed by atoms with E-state index in [1.165, 1.54) is 5.56 Å². The topological polar surface area (TPSA) is 57.5 Å². The normalized spacial score (nSPS) is 28.0. The molecule has 2 rings (SSSR count). The second kappa shape index (κ2) is 4.80. The smallest absolute Gasteiger partial charge is 0.307 e. The second-order valence-electron chi connectivity index (χ2n) is 7.45. The molecule has 1 aliphatic carbocycles. The maximum absolute atomic E-state index is 11.6. The average Bonchev–Trinajstić information content (AvgIpc) is 2.25. The third kappa shape index (κ3) is 2.67. The number of carboxylic acid groups (broad SMARTS) is 1. The number of phenolic OH excluding ortho intramolecular Hbond substituents is 1. The maximum atomic E-state index is 11.6. The van der Waals surface area contributed by atoms with Crippen LogP contribution in [0.1, 0.15) is 52.0 Å². The Morgan fingerprint density at radius 1 is 1.05 bits per heavy atom. The number of rotatable bonds is 2. The lowest BCUT2D eigenvalue weighted by Gasteiger charge is -2.50. The van der Waals surface area contributed by atoms with Crippen molar-refractivity contribution in [2.45, 2.75) is 46.5 Å². The zero-order chi connectivity index (χ0) is 15.1. The molecule has 1 aromatic rings. The minimum atomic E-state index is -0.691. The van der Waals surface area contributed by atoms with Gasteiger partial charge in [0.2, 0.25) is 0 Å². The van der Waals surface area contributed by atoms with Gasteiger partial charge in [-0.25, -0.2) is 0 Å². The Bertz CT molecular complexity index is 481. The molecule has 3 heteroatoms. The monoisotopic (exact) mass is 276 g/mol. The molecule has 2 N–H and O–H groups in total. The molecule has 0 spiro atoms. The fraction of sp³-hybridized carbons (Fsp3) is 0.588. The van der Waals surface area contributed by atoms with Crippen LogP contribution >= 0.6 is 0 Å². The van der Waals surface area contributed by atoms with Gasteiger partial charge in [-0.15, -0.1) is 0 Å². The first-order chi connectivity index (χ1) is 9.13. The van der Waals surface area contributed by atoms with Gasteiger partial charge in [0.15, 0.2) is 0 Å². The molecule has 0 bridgehead atoms. The standard InChI is InChI=1S/C17H24O3/c1-16(2)9-12(11-5-7-13(18)8-6-11)10-17(3,4)14(16)15(19)20/h5-8,12,14,18H,9-10H2,1-4H3,(H,19,20). The summed E-state index contributed by atoms with van der Waals surface area (Å²) in [4.78, 5) is 11.6. The van der Waals surface area contributed by atoms with Crippen LogP contribution in [0.4, 0.5) is 0 Å². The van der Waals surface area contributed by atoms with E-state index in [4.69, 9.17) is 0 Å². The quantitative estimate of drug-likeness (QED) is 0.857. The molecule has 0 saturated heterocycles. The summed E-state index contributed by atoms with van der Waals surface area (Å²) in [7, 11) is 0. The van der Waals surface area contributed by atoms with E-state index in [9.17, 15) is 15.0 Å². The van der Waals surface area contributed by atoms with E-state index in [1.54, 1.807) is 12.1 Å². The number of hydrogen-bond acceptors (Lipinski definition) is 2. The maximum Gasteiger partial charge on any atom is 0.307 e. The van der Waals surface area contributed by atoms with Crippen molar-refractivity contribution in [2.24, 2.45) is 16.7 Å². The number of hydrogen-bond donors (Lipinski definition) is 2. The third-order valence-corrected chi connectivity index (χ3v) is 4.72. The lowest BCUT2D eigenvalue weighted by atomic mass is 9.53. The number of carboxylic acids is 1. The molecule has 0 atom stereocenters. The van der Waals surface area contributed by atoms with E-state index in [0.717, 1.165) is 12.8 Å². The highest BCUT2D eigenvalue weighted by atomic mass is 16.4. The van der Waals surface area contributed by atoms with Crippen LogP contribution in [0.15, 0.2) is 24.3 Å². The SMILES string of the molecule is CC1(C)CC(c2ccc(O)cc2)CC(C)(C)C1C(=O)O. The minimum absolute atomic E-state index is 0.240. The van der Waals surface area contributed by atoms with Crippen molar-refractivity contribution < 1.29 is 15.0 Å². The van der Waals surface area contributed by atoms with Crippen molar-refractivity contribution in [2.75, 3.05) is 0 Å². The Morgan fingerprint density at radius 3 is 1.90 bits per heavy atom. The molecule has 1 aliphatic rings. The van der Waals surface area contributed by atoms with Gasteiger partial charge in [-0.1, -0.05) is 39.8 Å². The van der Waals surface area contributed by atoms with Crippen molar-refractivity contribution in [3.05, 3.63) is 29.8 Å². The zero-order valence-electron chi connectivity index (χ0n) is 12.7. The molecule has 0 heterocycles. The lowest BCUT2D eigenvalue weighted by molar-refractivity contribution is -0.156. The van der Waals surface area contributed by atoms with Crippen LogP contribution in [-0.2, 0) is 4.79 Å². The predicted molar refractivity (Wildman–Crippen MR) is 78.8 cm³/mol. The van der Waals surface area contributed by atoms with Crippen LogP contribution in [0.2, 0.25) is 0 Å². The minimum Gasteiger partial charge on any atom is -0.508 e. The Kier molecular flexibility index (Phi) is 3.57. The molecule has 1 fully saturated rings. The fourth-order valence-electron chi connectivity index (χ4n) is 4.29. The molecule has 110 valence electrons. The van der Waals surface area contributed by atoms with Crippen LogP contribution in [0, 0.1) is 16.7 Å². The van der Waals surface area contributed by atoms with Crippen molar-refractivity contribution >= 4 is 5.97 Å². The van der Waals surface area contributed by atoms with E-state index < -0.39 is 5.97 Å². The van der Waals surface area contributed by atoms with Crippen LogP contribution in [0.3, 0.4) is 0 Å². The highest BCUT2D eigenvalue weighted by Crippen LogP contribution is 2.55. The molecule has 3 nitrogen and oxygen atoms in total. The predicted octanol–water partition coefficient (Wildman–Crippen LogP) is 4.02. The zero-order valence-corrected chi connectivity index (χ0v) is 12.7. The number of aliphatic carboxylic acids is 1. The highest BCUT2D eigenvalue weighted by Gasteiger charge is 2.51. The molecular weight excluding hydrogens is 252 g/mol. The molecular formula is C17H24O3. The van der Waals surface area contributed by atoms with Crippen molar-refractivity contribution in [3.8, 4) is 5.75 Å². The van der Waals surface area contributed by atoms with Crippen molar-refractivity contribution in [1.82, 2.24) is 0 Å². The molecule has 0 aromatic heterocycles. The Balaban J connectivity index is 2.33. The van der Waals surface area contributed by atoms with Crippen LogP contribution in [0.5, 0.6) is 5.75 Å². The summed E-state index contributed by atoms with van der Waals surface area (Å²) in [6.07, 6.45) is 1.72. The van der Waals surface area contributed by atoms with Gasteiger partial charge in [-0.2, -0.15) is 0 Å². The average molecular weight is 276 g/mol. The largest absolute Gasteiger partial charge is 0.508 e. The first kappa shape index (κ1) is 14.9. The van der Waals surface area contributed by atoms with Gasteiger partial charge < -0.3 is 10.2 Å². The Labute approximate surface area is 120 Å². The van der Waals surface area contributed by atoms with Crippen LogP contribution in [0.25, 0.3) is 0 Å². The summed E-state index contributed by atoms with van der Waals surface area (Å²) in [6.45, 7) is 8.22. The Morgan fingerprint density at radius 2 is 1.50 bits per heavy atom. The van der Waals surface area contributed by atoms with E-state index >= 15 is 0 Å². The molecule has 1 aromatic carbocycles. The van der Waals surface area contributed by atoms with Gasteiger partial charge in [-0.05, 0) is 47.3 Å². The van der Waals surface area contributed by atoms with Gasteiger partial charge in [-0.3, -0.25) is 4.79 Å². The molecule has 0 unspecified atom stereocenters. The third-order valence-electron chi connectivity index (χ3n) is 4.72. The number of benzene rings is 1. The second-order valence-corrected chi connectivity index (χ2v) is 7.45. The van der Waals surface area contributed by atoms with Crippen LogP contribution < -0.4 is 0 Å². The van der Waals surface area contributed by atoms with E-state index in [1.807, 2.05) is 12.1 Å². The first-order valence-corrected chi connectivity index (χ1v) is 7.15. The summed E-state index contributed by atoms with van der Waals surface area (Å²) in [5, 5.41) is 19.0. The van der Waals surface area contributed by atoms with Gasteiger partial charge >= 0.3 is 5.97 Å². The van der Waals surface area contributed by atoms with E-state index in [-0.39, 0.29) is 22.5 Å². The fourth-order valence-corrected chi connectivity index (χ4v) is 4.29. The summed E-state index contributed by atoms with van der Waals surface area (Å²) in [6, 6.07) is 7.32. The number of aromatic hydroxyl groups is 1. The summed E-state index contributed by atoms with van der Waals surface area (Å²) >= 11 is 0. The number of carbonyl (C=O) groups is 1. The van der Waals surface area contributed by atoms with Gasteiger partial charge in [0.25, 0.3) is 0 Å². The first-order valence-electron chi connectivity index (χ1n) is 7.15. The molecule has 20 heavy (non-hydrogen) atoms. The van der Waals surface area contributed by atoms with Gasteiger partial charge in [0.1, 0.15) is 5.75 Å². The van der Waals surface area contributed by atoms with E-state index in [2.05, 4.69) is 27.7 Å². The molecule has 0 amide bonds. The molecule has 0 aliphatic heterocycles. The summed E-state index contributed by atoms with van der Waals surface area (Å²) in [5.41, 5.74) is 0.708. The lowest BCUT2D eigenvalue weighted by Crippen LogP contribution is -2.47. The van der Waals surface area contributed by atoms with Crippen molar-refractivity contribution in [1.29, 1.82) is 0 Å². The highest BCUT2D eigenvalue weighted by molar-refractivity contribution is 5.72. The van der Waals surface area contributed by atoms with E-state index in [0.29, 0.717) is 5.92 Å². The van der Waals surface area contributed by atoms with Crippen LogP contribution in [-0.4, -0.2) is 16.2 Å². The van der Waals surface area contributed by atoms with Crippen molar-refractivity contribution in [3.63, 3.8) is 0 Å². The van der Waals surface area contributed by atoms with Gasteiger partial charge in [0, 0.05) is 0 Å². The van der Waals surface area contributed by atoms with Gasteiger partial charge in [0.05, 0.1) is 5.92 Å². The molecule has 1 saturated carbocycles. The summed E-state index contributed by atoms with van der Waals surface area (Å²) < 4.78 is 0. The molecule has 0 radical (unpaired) electrons. The number of phenols is 1.